The zero-order valence-electron chi connectivity index (χ0n) is 16.5. The number of hydrogen-bond donors (Lipinski definition) is 1. The molecule has 1 fully saturated rings. The number of aromatic nitrogens is 2. The fourth-order valence-electron chi connectivity index (χ4n) is 5.09. The molecule has 2 unspecified atom stereocenters. The largest absolute Gasteiger partial charge is 0.384 e. The molecule has 28 heavy (non-hydrogen) atoms. The second-order valence-electron chi connectivity index (χ2n) is 8.56. The lowest BCUT2D eigenvalue weighted by Crippen LogP contribution is -2.33. The van der Waals surface area contributed by atoms with Crippen molar-refractivity contribution in [1.29, 1.82) is 0 Å². The Kier molecular flexibility index (Phi) is 4.07. The molecule has 3 aromatic rings. The summed E-state index contributed by atoms with van der Waals surface area (Å²) in [6.07, 6.45) is 5.31. The first-order valence-electron chi connectivity index (χ1n) is 10.1. The van der Waals surface area contributed by atoms with Crippen molar-refractivity contribution in [3.63, 3.8) is 0 Å². The summed E-state index contributed by atoms with van der Waals surface area (Å²) in [6.45, 7) is 6.53. The fraction of sp³-hybridized carbons (Fsp3) is 0.435. The maximum Gasteiger partial charge on any atom is 0.140 e. The number of fused-ring (bicyclic) bond motifs is 5. The van der Waals surface area contributed by atoms with Crippen LogP contribution in [0.4, 0.5) is 4.39 Å². The minimum atomic E-state index is -1.10. The van der Waals surface area contributed by atoms with Gasteiger partial charge < -0.3 is 9.67 Å². The number of nitrogens with zero attached hydrogens (tertiary/aromatic N) is 3. The van der Waals surface area contributed by atoms with E-state index in [2.05, 4.69) is 22.5 Å². The van der Waals surface area contributed by atoms with Gasteiger partial charge in [-0.05, 0) is 68.1 Å². The molecule has 0 radical (unpaired) electrons. The Labute approximate surface area is 164 Å². The first-order valence-corrected chi connectivity index (χ1v) is 10.1. The van der Waals surface area contributed by atoms with Crippen LogP contribution in [-0.2, 0) is 18.6 Å². The van der Waals surface area contributed by atoms with Crippen LogP contribution in [0.2, 0.25) is 0 Å². The highest BCUT2D eigenvalue weighted by atomic mass is 19.1. The minimum Gasteiger partial charge on any atom is -0.384 e. The van der Waals surface area contributed by atoms with Crippen LogP contribution >= 0.6 is 0 Å². The summed E-state index contributed by atoms with van der Waals surface area (Å²) < 4.78 is 15.6. The van der Waals surface area contributed by atoms with Crippen LogP contribution < -0.4 is 0 Å². The lowest BCUT2D eigenvalue weighted by molar-refractivity contribution is 0.0381. The Morgan fingerprint density at radius 3 is 2.82 bits per heavy atom. The lowest BCUT2D eigenvalue weighted by Gasteiger charge is -2.32. The van der Waals surface area contributed by atoms with Crippen LogP contribution in [0.25, 0.3) is 11.0 Å². The summed E-state index contributed by atoms with van der Waals surface area (Å²) >= 11 is 0. The Hall–Kier alpha value is -2.24. The van der Waals surface area contributed by atoms with Crippen LogP contribution in [-0.4, -0.2) is 32.6 Å². The van der Waals surface area contributed by atoms with Crippen molar-refractivity contribution in [2.24, 2.45) is 0 Å². The topological polar surface area (TPSA) is 41.3 Å². The van der Waals surface area contributed by atoms with Crippen LogP contribution in [0.1, 0.15) is 48.2 Å². The van der Waals surface area contributed by atoms with Crippen molar-refractivity contribution in [2.45, 2.75) is 51.3 Å². The molecule has 0 saturated carbocycles. The van der Waals surface area contributed by atoms with Crippen LogP contribution in [0.3, 0.4) is 0 Å². The molecule has 5 rings (SSSR count). The summed E-state index contributed by atoms with van der Waals surface area (Å²) in [7, 11) is 0. The van der Waals surface area contributed by atoms with Crippen molar-refractivity contribution in [3.05, 3.63) is 64.7 Å². The Balaban J connectivity index is 1.65. The van der Waals surface area contributed by atoms with Crippen LogP contribution in [0, 0.1) is 12.7 Å². The van der Waals surface area contributed by atoms with Crippen molar-refractivity contribution in [3.8, 4) is 0 Å². The normalized spacial score (nSPS) is 21.5. The second-order valence-corrected chi connectivity index (χ2v) is 8.56. The van der Waals surface area contributed by atoms with Crippen LogP contribution in [0.5, 0.6) is 0 Å². The number of aryl methyl sites for hydroxylation is 1. The molecule has 2 aliphatic rings. The van der Waals surface area contributed by atoms with E-state index in [4.69, 9.17) is 4.98 Å². The molecule has 0 spiro atoms. The van der Waals surface area contributed by atoms with Crippen LogP contribution in [0.15, 0.2) is 36.5 Å². The van der Waals surface area contributed by atoms with E-state index in [0.29, 0.717) is 12.6 Å². The molecule has 1 saturated heterocycles. The molecule has 5 heteroatoms. The molecule has 146 valence electrons. The van der Waals surface area contributed by atoms with Gasteiger partial charge in [-0.2, -0.15) is 0 Å². The maximum absolute atomic E-state index is 13.3. The fourth-order valence-corrected chi connectivity index (χ4v) is 5.09. The number of halogens is 1. The van der Waals surface area contributed by atoms with Gasteiger partial charge in [0.15, 0.2) is 0 Å². The Bertz CT molecular complexity index is 1040. The predicted molar refractivity (Wildman–Crippen MR) is 108 cm³/mol. The average molecular weight is 379 g/mol. The molecule has 2 aromatic heterocycles. The SMILES string of the molecule is Cc1cnc2c(c1)c1c(n2CC(C)(O)c2ccc(F)cc2)CCN2CCCC12. The van der Waals surface area contributed by atoms with Gasteiger partial charge in [-0.15, -0.1) is 0 Å². The lowest BCUT2D eigenvalue weighted by atomic mass is 9.94. The molecular weight excluding hydrogens is 353 g/mol. The van der Waals surface area contributed by atoms with E-state index in [1.54, 1.807) is 19.1 Å². The molecule has 2 atom stereocenters. The molecule has 0 amide bonds. The van der Waals surface area contributed by atoms with Gasteiger partial charge in [0.05, 0.1) is 6.54 Å². The minimum absolute atomic E-state index is 0.290. The van der Waals surface area contributed by atoms with E-state index >= 15 is 0 Å². The van der Waals surface area contributed by atoms with E-state index < -0.39 is 5.60 Å². The van der Waals surface area contributed by atoms with Gasteiger partial charge in [0.1, 0.15) is 17.1 Å². The van der Waals surface area contributed by atoms with Gasteiger partial charge in [0.2, 0.25) is 0 Å². The Morgan fingerprint density at radius 1 is 1.25 bits per heavy atom. The summed E-state index contributed by atoms with van der Waals surface area (Å²) in [5, 5.41) is 12.5. The summed E-state index contributed by atoms with van der Waals surface area (Å²) in [5.41, 5.74) is 4.44. The highest BCUT2D eigenvalue weighted by Gasteiger charge is 2.37. The summed E-state index contributed by atoms with van der Waals surface area (Å²) in [6, 6.07) is 8.86. The molecule has 2 aliphatic heterocycles. The highest BCUT2D eigenvalue weighted by Crippen LogP contribution is 2.43. The van der Waals surface area contributed by atoms with Gasteiger partial charge in [-0.25, -0.2) is 9.37 Å². The predicted octanol–water partition coefficient (Wildman–Crippen LogP) is 4.08. The molecular formula is C23H26FN3O. The Morgan fingerprint density at radius 2 is 2.04 bits per heavy atom. The monoisotopic (exact) mass is 379 g/mol. The zero-order chi connectivity index (χ0) is 19.5. The van der Waals surface area contributed by atoms with Gasteiger partial charge >= 0.3 is 0 Å². The smallest absolute Gasteiger partial charge is 0.140 e. The first kappa shape index (κ1) is 17.8. The average Bonchev–Trinajstić information content (AvgIpc) is 3.25. The molecule has 1 aromatic carbocycles. The highest BCUT2D eigenvalue weighted by molar-refractivity contribution is 5.84. The molecule has 0 aliphatic carbocycles. The van der Waals surface area contributed by atoms with E-state index in [1.807, 2.05) is 6.20 Å². The first-order chi connectivity index (χ1) is 13.4. The number of aliphatic hydroxyl groups is 1. The third kappa shape index (κ3) is 2.76. The molecule has 0 bridgehead atoms. The van der Waals surface area contributed by atoms with Crippen molar-refractivity contribution < 1.29 is 9.50 Å². The summed E-state index contributed by atoms with van der Waals surface area (Å²) in [5.74, 6) is -0.290. The molecule has 4 heterocycles. The standard InChI is InChI=1S/C23H26FN3O/c1-15-12-18-21-19-4-3-10-26(19)11-9-20(21)27(22(18)25-13-15)14-23(2,28)16-5-7-17(24)8-6-16/h5-8,12-13,19,28H,3-4,9-11,14H2,1-2H3. The van der Waals surface area contributed by atoms with Gasteiger partial charge in [-0.1, -0.05) is 12.1 Å². The van der Waals surface area contributed by atoms with E-state index in [9.17, 15) is 9.50 Å². The van der Waals surface area contributed by atoms with E-state index in [1.165, 1.54) is 48.2 Å². The van der Waals surface area contributed by atoms with Gasteiger partial charge in [0, 0.05) is 36.3 Å². The van der Waals surface area contributed by atoms with Crippen molar-refractivity contribution in [2.75, 3.05) is 13.1 Å². The third-order valence-corrected chi connectivity index (χ3v) is 6.45. The van der Waals surface area contributed by atoms with Gasteiger partial charge in [-0.3, -0.25) is 4.90 Å². The number of hydrogen-bond acceptors (Lipinski definition) is 3. The van der Waals surface area contributed by atoms with E-state index in [0.717, 1.165) is 29.7 Å². The van der Waals surface area contributed by atoms with E-state index in [-0.39, 0.29) is 5.82 Å². The second kappa shape index (κ2) is 6.39. The van der Waals surface area contributed by atoms with Gasteiger partial charge in [0.25, 0.3) is 0 Å². The zero-order valence-corrected chi connectivity index (χ0v) is 16.5. The summed E-state index contributed by atoms with van der Waals surface area (Å²) in [4.78, 5) is 7.36. The molecule has 4 nitrogen and oxygen atoms in total. The third-order valence-electron chi connectivity index (χ3n) is 6.45. The van der Waals surface area contributed by atoms with Crippen molar-refractivity contribution >= 4 is 11.0 Å². The number of rotatable bonds is 3. The maximum atomic E-state index is 13.3. The number of benzene rings is 1. The number of pyridine rings is 1. The van der Waals surface area contributed by atoms with Crippen molar-refractivity contribution in [1.82, 2.24) is 14.5 Å². The quantitative estimate of drug-likeness (QED) is 0.745. The molecule has 1 N–H and O–H groups in total.